The van der Waals surface area contributed by atoms with Crippen LogP contribution in [0.5, 0.6) is 0 Å². The highest BCUT2D eigenvalue weighted by Crippen LogP contribution is 2.41. The van der Waals surface area contributed by atoms with E-state index in [-0.39, 0.29) is 0 Å². The van der Waals surface area contributed by atoms with Gasteiger partial charge in [-0.25, -0.2) is 0 Å². The van der Waals surface area contributed by atoms with Gasteiger partial charge in [-0.05, 0) is 115 Å². The van der Waals surface area contributed by atoms with Gasteiger partial charge in [-0.1, -0.05) is 127 Å². The van der Waals surface area contributed by atoms with E-state index in [0.717, 1.165) is 39.0 Å². The summed E-state index contributed by atoms with van der Waals surface area (Å²) >= 11 is 0. The SMILES string of the molecule is c1ccc(-c2ccc(N(c3cccc(-c4ccc5ccccc5c4)c3)c3ccc4ccc5cc6oc7ccccc7c6cc5c4c3)cc2)cc1. The zero-order valence-corrected chi connectivity index (χ0v) is 27.3. The quantitative estimate of drug-likeness (QED) is 0.175. The molecule has 0 bridgehead atoms. The molecule has 0 N–H and O–H groups in total. The fraction of sp³-hybridized carbons (Fsp3) is 0. The van der Waals surface area contributed by atoms with Crippen molar-refractivity contribution in [3.63, 3.8) is 0 Å². The number of nitrogens with zero attached hydrogens (tertiary/aromatic N) is 1. The molecule has 234 valence electrons. The van der Waals surface area contributed by atoms with Crippen molar-refractivity contribution in [2.75, 3.05) is 4.90 Å². The molecule has 10 rings (SSSR count). The minimum atomic E-state index is 0.916. The maximum absolute atomic E-state index is 6.25. The van der Waals surface area contributed by atoms with Crippen LogP contribution in [0.15, 0.2) is 192 Å². The van der Waals surface area contributed by atoms with E-state index < -0.39 is 0 Å². The van der Waals surface area contributed by atoms with Crippen LogP contribution < -0.4 is 4.90 Å². The Balaban J connectivity index is 1.16. The van der Waals surface area contributed by atoms with Crippen LogP contribution in [0.1, 0.15) is 0 Å². The fourth-order valence-electron chi connectivity index (χ4n) is 7.47. The predicted octanol–water partition coefficient (Wildman–Crippen LogP) is 13.8. The van der Waals surface area contributed by atoms with E-state index in [0.29, 0.717) is 0 Å². The van der Waals surface area contributed by atoms with Gasteiger partial charge >= 0.3 is 0 Å². The molecule has 0 aliphatic rings. The first kappa shape index (κ1) is 28.4. The molecule has 0 spiro atoms. The maximum atomic E-state index is 6.25. The lowest BCUT2D eigenvalue weighted by Gasteiger charge is -2.27. The third-order valence-corrected chi connectivity index (χ3v) is 10.00. The molecule has 0 amide bonds. The van der Waals surface area contributed by atoms with E-state index in [2.05, 4.69) is 181 Å². The number of anilines is 3. The molecule has 0 aliphatic carbocycles. The molecule has 50 heavy (non-hydrogen) atoms. The largest absolute Gasteiger partial charge is 0.456 e. The summed E-state index contributed by atoms with van der Waals surface area (Å²) in [5, 5.41) is 9.57. The number of furan rings is 1. The molecule has 0 aliphatic heterocycles. The van der Waals surface area contributed by atoms with Crippen LogP contribution in [-0.4, -0.2) is 0 Å². The normalized spacial score (nSPS) is 11.6. The number of hydrogen-bond donors (Lipinski definition) is 0. The molecule has 0 radical (unpaired) electrons. The van der Waals surface area contributed by atoms with Crippen molar-refractivity contribution in [3.8, 4) is 22.3 Å². The van der Waals surface area contributed by atoms with Crippen molar-refractivity contribution in [2.45, 2.75) is 0 Å². The summed E-state index contributed by atoms with van der Waals surface area (Å²) in [6, 6.07) is 67.7. The van der Waals surface area contributed by atoms with E-state index in [1.807, 2.05) is 12.1 Å². The molecule has 2 nitrogen and oxygen atoms in total. The highest BCUT2D eigenvalue weighted by Gasteiger charge is 2.16. The van der Waals surface area contributed by atoms with Crippen LogP contribution in [0, 0.1) is 0 Å². The highest BCUT2D eigenvalue weighted by molar-refractivity contribution is 6.17. The van der Waals surface area contributed by atoms with Crippen molar-refractivity contribution in [1.29, 1.82) is 0 Å². The summed E-state index contributed by atoms with van der Waals surface area (Å²) < 4.78 is 6.25. The third-order valence-electron chi connectivity index (χ3n) is 10.00. The Bertz CT molecular complexity index is 2870. The van der Waals surface area contributed by atoms with Crippen LogP contribution in [0.2, 0.25) is 0 Å². The Labute approximate surface area is 290 Å². The van der Waals surface area contributed by atoms with Crippen molar-refractivity contribution >= 4 is 71.3 Å². The van der Waals surface area contributed by atoms with Crippen molar-refractivity contribution < 1.29 is 4.42 Å². The van der Waals surface area contributed by atoms with Crippen molar-refractivity contribution in [1.82, 2.24) is 0 Å². The molecule has 0 saturated heterocycles. The average Bonchev–Trinajstić information content (AvgIpc) is 3.55. The van der Waals surface area contributed by atoms with Gasteiger partial charge in [0.25, 0.3) is 0 Å². The summed E-state index contributed by atoms with van der Waals surface area (Å²) in [4.78, 5) is 2.38. The Morgan fingerprint density at radius 1 is 0.280 bits per heavy atom. The molecule has 1 heterocycles. The van der Waals surface area contributed by atoms with Crippen LogP contribution in [-0.2, 0) is 0 Å². The van der Waals surface area contributed by atoms with Gasteiger partial charge in [0.1, 0.15) is 11.2 Å². The molecule has 0 unspecified atom stereocenters. The van der Waals surface area contributed by atoms with Crippen LogP contribution in [0.4, 0.5) is 17.1 Å². The van der Waals surface area contributed by atoms with Crippen LogP contribution in [0.25, 0.3) is 76.5 Å². The first-order valence-electron chi connectivity index (χ1n) is 17.1. The molecule has 0 atom stereocenters. The molecular formula is C48H31NO. The summed E-state index contributed by atoms with van der Waals surface area (Å²) in [5.41, 5.74) is 9.92. The van der Waals surface area contributed by atoms with Gasteiger partial charge in [-0.3, -0.25) is 0 Å². The van der Waals surface area contributed by atoms with E-state index >= 15 is 0 Å². The van der Waals surface area contributed by atoms with Crippen LogP contribution >= 0.6 is 0 Å². The summed E-state index contributed by atoms with van der Waals surface area (Å²) in [6.07, 6.45) is 0. The van der Waals surface area contributed by atoms with Gasteiger partial charge in [-0.2, -0.15) is 0 Å². The average molecular weight is 638 g/mol. The minimum absolute atomic E-state index is 0.916. The second-order valence-electron chi connectivity index (χ2n) is 13.0. The topological polar surface area (TPSA) is 16.4 Å². The Morgan fingerprint density at radius 3 is 1.80 bits per heavy atom. The van der Waals surface area contributed by atoms with E-state index in [4.69, 9.17) is 4.42 Å². The first-order chi connectivity index (χ1) is 24.7. The smallest absolute Gasteiger partial charge is 0.136 e. The summed E-state index contributed by atoms with van der Waals surface area (Å²) in [7, 11) is 0. The van der Waals surface area contributed by atoms with Gasteiger partial charge < -0.3 is 9.32 Å². The van der Waals surface area contributed by atoms with Gasteiger partial charge in [0, 0.05) is 27.8 Å². The molecule has 2 heteroatoms. The lowest BCUT2D eigenvalue weighted by atomic mass is 9.98. The molecule has 10 aromatic rings. The van der Waals surface area contributed by atoms with Gasteiger partial charge in [0.15, 0.2) is 0 Å². The standard InChI is InChI=1S/C48H31NO/c1-2-9-32(10-3-1)34-21-24-40(25-22-34)49(41-14-8-13-37(28-41)38-19-17-33-11-4-5-12-36(33)27-38)42-26-23-35-18-20-39-29-48-46(31-45(39)44(35)30-42)43-15-6-7-16-47(43)50-48/h1-31H. The Hall–Kier alpha value is -6.64. The maximum Gasteiger partial charge on any atom is 0.136 e. The van der Waals surface area contributed by atoms with Gasteiger partial charge in [-0.15, -0.1) is 0 Å². The van der Waals surface area contributed by atoms with Crippen LogP contribution in [0.3, 0.4) is 0 Å². The second-order valence-corrected chi connectivity index (χ2v) is 13.0. The molecule has 0 saturated carbocycles. The van der Waals surface area contributed by atoms with Gasteiger partial charge in [0.2, 0.25) is 0 Å². The highest BCUT2D eigenvalue weighted by atomic mass is 16.3. The van der Waals surface area contributed by atoms with Crippen molar-refractivity contribution in [2.24, 2.45) is 0 Å². The monoisotopic (exact) mass is 637 g/mol. The summed E-state index contributed by atoms with van der Waals surface area (Å²) in [5.74, 6) is 0. The first-order valence-corrected chi connectivity index (χ1v) is 17.1. The Kier molecular flexibility index (Phi) is 6.53. The number of hydrogen-bond acceptors (Lipinski definition) is 2. The predicted molar refractivity (Wildman–Crippen MR) is 212 cm³/mol. The van der Waals surface area contributed by atoms with E-state index in [1.54, 1.807) is 0 Å². The fourth-order valence-corrected chi connectivity index (χ4v) is 7.47. The molecule has 0 fully saturated rings. The third kappa shape index (κ3) is 4.81. The summed E-state index contributed by atoms with van der Waals surface area (Å²) in [6.45, 7) is 0. The Morgan fingerprint density at radius 2 is 0.900 bits per heavy atom. The van der Waals surface area contributed by atoms with Crippen molar-refractivity contribution in [3.05, 3.63) is 188 Å². The van der Waals surface area contributed by atoms with E-state index in [1.165, 1.54) is 54.6 Å². The minimum Gasteiger partial charge on any atom is -0.456 e. The van der Waals surface area contributed by atoms with E-state index in [9.17, 15) is 0 Å². The lowest BCUT2D eigenvalue weighted by Crippen LogP contribution is -2.10. The number of benzene rings is 9. The molecule has 9 aromatic carbocycles. The lowest BCUT2D eigenvalue weighted by molar-refractivity contribution is 0.669. The molecule has 1 aromatic heterocycles. The number of para-hydroxylation sites is 1. The number of rotatable bonds is 5. The number of fused-ring (bicyclic) bond motifs is 7. The zero-order chi connectivity index (χ0) is 33.0. The zero-order valence-electron chi connectivity index (χ0n) is 27.3. The van der Waals surface area contributed by atoms with Gasteiger partial charge in [0.05, 0.1) is 0 Å². The molecular weight excluding hydrogens is 607 g/mol. The second kappa shape index (κ2) is 11.5.